The molecule has 1 unspecified atom stereocenters. The van der Waals surface area contributed by atoms with E-state index in [1.807, 2.05) is 30.2 Å². The fourth-order valence-electron chi connectivity index (χ4n) is 3.39. The van der Waals surface area contributed by atoms with Crippen LogP contribution in [0, 0.1) is 0 Å². The van der Waals surface area contributed by atoms with Crippen LogP contribution in [0.1, 0.15) is 51.6 Å². The van der Waals surface area contributed by atoms with Gasteiger partial charge in [-0.15, -0.1) is 0 Å². The molecule has 1 heterocycles. The zero-order valence-electron chi connectivity index (χ0n) is 17.8. The fourth-order valence-corrected chi connectivity index (χ4v) is 3.39. The van der Waals surface area contributed by atoms with Crippen LogP contribution >= 0.6 is 0 Å². The summed E-state index contributed by atoms with van der Waals surface area (Å²) >= 11 is 0. The van der Waals surface area contributed by atoms with Crippen molar-refractivity contribution in [2.45, 2.75) is 58.2 Å². The van der Waals surface area contributed by atoms with Gasteiger partial charge in [-0.25, -0.2) is 0 Å². The molecule has 1 atom stereocenters. The van der Waals surface area contributed by atoms with Gasteiger partial charge in [-0.2, -0.15) is 5.10 Å². The molecule has 0 amide bonds. The first kappa shape index (κ1) is 22.0. The molecular weight excluding hydrogens is 348 g/mol. The van der Waals surface area contributed by atoms with E-state index in [4.69, 9.17) is 0 Å². The molecule has 28 heavy (non-hydrogen) atoms. The standard InChI is InChI=1S/C22H36N6/c1-5-22(6-2,27-19(3)20-12-8-7-9-13-20)18-25-21(23-4)24-14-10-16-28-17-11-15-26-28/h7-9,11-13,15,17,19,27H,5-6,10,14,16,18H2,1-4H3,(H2,23,24,25). The molecule has 2 aromatic rings. The summed E-state index contributed by atoms with van der Waals surface area (Å²) in [6, 6.07) is 12.9. The molecular formula is C22H36N6. The number of nitrogens with one attached hydrogen (secondary N) is 3. The van der Waals surface area contributed by atoms with Gasteiger partial charge in [-0.3, -0.25) is 9.67 Å². The average molecular weight is 385 g/mol. The van der Waals surface area contributed by atoms with Crippen molar-refractivity contribution in [2.24, 2.45) is 4.99 Å². The van der Waals surface area contributed by atoms with Crippen LogP contribution in [0.5, 0.6) is 0 Å². The van der Waals surface area contributed by atoms with E-state index in [1.165, 1.54) is 5.56 Å². The predicted molar refractivity (Wildman–Crippen MR) is 118 cm³/mol. The number of aliphatic imine (C=N–C) groups is 1. The zero-order chi connectivity index (χ0) is 20.2. The Bertz CT molecular complexity index is 676. The van der Waals surface area contributed by atoms with Crippen LogP contribution < -0.4 is 16.0 Å². The van der Waals surface area contributed by atoms with Gasteiger partial charge in [0.25, 0.3) is 0 Å². The van der Waals surface area contributed by atoms with Crippen molar-refractivity contribution in [2.75, 3.05) is 20.1 Å². The lowest BCUT2D eigenvalue weighted by molar-refractivity contribution is 0.271. The first-order valence-electron chi connectivity index (χ1n) is 10.4. The fraction of sp³-hybridized carbons (Fsp3) is 0.545. The molecule has 0 aliphatic heterocycles. The number of guanidine groups is 1. The van der Waals surface area contributed by atoms with Gasteiger partial charge in [0.05, 0.1) is 0 Å². The third kappa shape index (κ3) is 6.68. The third-order valence-electron chi connectivity index (χ3n) is 5.41. The first-order chi connectivity index (χ1) is 13.6. The maximum Gasteiger partial charge on any atom is 0.191 e. The number of rotatable bonds is 11. The summed E-state index contributed by atoms with van der Waals surface area (Å²) < 4.78 is 1.95. The summed E-state index contributed by atoms with van der Waals surface area (Å²) in [5, 5.41) is 15.0. The highest BCUT2D eigenvalue weighted by atomic mass is 15.3. The van der Waals surface area contributed by atoms with Gasteiger partial charge in [0.15, 0.2) is 5.96 Å². The molecule has 2 rings (SSSR count). The normalized spacial score (nSPS) is 13.4. The van der Waals surface area contributed by atoms with Gasteiger partial charge in [0.1, 0.15) is 0 Å². The van der Waals surface area contributed by atoms with E-state index in [0.29, 0.717) is 6.04 Å². The second kappa shape index (κ2) is 11.5. The lowest BCUT2D eigenvalue weighted by Gasteiger charge is -2.37. The largest absolute Gasteiger partial charge is 0.356 e. The Morgan fingerprint density at radius 2 is 1.89 bits per heavy atom. The molecule has 6 nitrogen and oxygen atoms in total. The van der Waals surface area contributed by atoms with Gasteiger partial charge < -0.3 is 16.0 Å². The third-order valence-corrected chi connectivity index (χ3v) is 5.41. The van der Waals surface area contributed by atoms with Crippen LogP contribution in [0.15, 0.2) is 53.8 Å². The Kier molecular flexibility index (Phi) is 9.01. The van der Waals surface area contributed by atoms with Crippen LogP contribution in [0.3, 0.4) is 0 Å². The maximum absolute atomic E-state index is 4.38. The van der Waals surface area contributed by atoms with Gasteiger partial charge in [0.2, 0.25) is 0 Å². The van der Waals surface area contributed by atoms with E-state index >= 15 is 0 Å². The molecule has 6 heteroatoms. The van der Waals surface area contributed by atoms with Gasteiger partial charge in [0, 0.05) is 50.7 Å². The number of hydrogen-bond acceptors (Lipinski definition) is 3. The summed E-state index contributed by atoms with van der Waals surface area (Å²) in [5.41, 5.74) is 1.33. The number of nitrogens with zero attached hydrogens (tertiary/aromatic N) is 3. The number of aromatic nitrogens is 2. The number of hydrogen-bond donors (Lipinski definition) is 3. The minimum Gasteiger partial charge on any atom is -0.356 e. The predicted octanol–water partition coefficient (Wildman–Crippen LogP) is 3.35. The summed E-state index contributed by atoms with van der Waals surface area (Å²) in [5.74, 6) is 0.848. The van der Waals surface area contributed by atoms with Crippen molar-refractivity contribution in [1.82, 2.24) is 25.7 Å². The summed E-state index contributed by atoms with van der Waals surface area (Å²) in [6.07, 6.45) is 6.89. The van der Waals surface area contributed by atoms with E-state index in [0.717, 1.165) is 44.9 Å². The first-order valence-corrected chi connectivity index (χ1v) is 10.4. The zero-order valence-corrected chi connectivity index (χ0v) is 17.8. The molecule has 0 spiro atoms. The van der Waals surface area contributed by atoms with Crippen molar-refractivity contribution in [3.05, 3.63) is 54.4 Å². The van der Waals surface area contributed by atoms with Crippen molar-refractivity contribution >= 4 is 5.96 Å². The molecule has 0 bridgehead atoms. The van der Waals surface area contributed by atoms with Gasteiger partial charge in [-0.1, -0.05) is 44.2 Å². The smallest absolute Gasteiger partial charge is 0.191 e. The molecule has 1 aromatic carbocycles. The monoisotopic (exact) mass is 384 g/mol. The highest BCUT2D eigenvalue weighted by Gasteiger charge is 2.28. The second-order valence-corrected chi connectivity index (χ2v) is 7.24. The Labute approximate surface area is 169 Å². The Hall–Kier alpha value is -2.34. The minimum absolute atomic E-state index is 0.0158. The molecule has 0 aliphatic carbocycles. The van der Waals surface area contributed by atoms with Gasteiger partial charge >= 0.3 is 0 Å². The Morgan fingerprint density at radius 1 is 1.14 bits per heavy atom. The van der Waals surface area contributed by atoms with Crippen molar-refractivity contribution in [3.8, 4) is 0 Å². The Morgan fingerprint density at radius 3 is 2.50 bits per heavy atom. The van der Waals surface area contributed by atoms with Crippen LogP contribution in [0.25, 0.3) is 0 Å². The van der Waals surface area contributed by atoms with E-state index in [9.17, 15) is 0 Å². The molecule has 1 aromatic heterocycles. The van der Waals surface area contributed by atoms with E-state index in [-0.39, 0.29) is 5.54 Å². The highest BCUT2D eigenvalue weighted by Crippen LogP contribution is 2.21. The summed E-state index contributed by atoms with van der Waals surface area (Å²) in [6.45, 7) is 9.32. The Balaban J connectivity index is 1.83. The summed E-state index contributed by atoms with van der Waals surface area (Å²) in [7, 11) is 1.82. The van der Waals surface area contributed by atoms with E-state index in [2.05, 4.69) is 77.1 Å². The van der Waals surface area contributed by atoms with Crippen LogP contribution in [-0.4, -0.2) is 41.4 Å². The molecule has 0 aliphatic rings. The van der Waals surface area contributed by atoms with Crippen LogP contribution in [-0.2, 0) is 6.54 Å². The van der Waals surface area contributed by atoms with E-state index < -0.39 is 0 Å². The number of aryl methyl sites for hydroxylation is 1. The van der Waals surface area contributed by atoms with Crippen molar-refractivity contribution in [3.63, 3.8) is 0 Å². The van der Waals surface area contributed by atoms with Crippen LogP contribution in [0.4, 0.5) is 0 Å². The quantitative estimate of drug-likeness (QED) is 0.316. The lowest BCUT2D eigenvalue weighted by atomic mass is 9.90. The molecule has 0 fully saturated rings. The SMILES string of the molecule is CCC(CC)(CNC(=NC)NCCCn1cccn1)NC(C)c1ccccc1. The lowest BCUT2D eigenvalue weighted by Crippen LogP contribution is -2.55. The van der Waals surface area contributed by atoms with Crippen molar-refractivity contribution < 1.29 is 0 Å². The van der Waals surface area contributed by atoms with E-state index in [1.54, 1.807) is 0 Å². The number of benzene rings is 1. The molecule has 0 saturated carbocycles. The van der Waals surface area contributed by atoms with Crippen LogP contribution in [0.2, 0.25) is 0 Å². The maximum atomic E-state index is 4.38. The van der Waals surface area contributed by atoms with Gasteiger partial charge in [-0.05, 0) is 37.8 Å². The molecule has 154 valence electrons. The second-order valence-electron chi connectivity index (χ2n) is 7.24. The molecule has 0 radical (unpaired) electrons. The summed E-state index contributed by atoms with van der Waals surface area (Å²) in [4.78, 5) is 4.38. The highest BCUT2D eigenvalue weighted by molar-refractivity contribution is 5.79. The van der Waals surface area contributed by atoms with Crippen molar-refractivity contribution in [1.29, 1.82) is 0 Å². The topological polar surface area (TPSA) is 66.3 Å². The average Bonchev–Trinajstić information content (AvgIpc) is 3.26. The molecule has 3 N–H and O–H groups in total. The minimum atomic E-state index is 0.0158. The molecule has 0 saturated heterocycles.